The number of hydrogen-bond donors (Lipinski definition) is 1. The van der Waals surface area contributed by atoms with Gasteiger partial charge in [-0.25, -0.2) is 9.97 Å². The van der Waals surface area contributed by atoms with Crippen LogP contribution < -0.4 is 5.32 Å². The van der Waals surface area contributed by atoms with Gasteiger partial charge < -0.3 is 14.6 Å². The minimum atomic E-state index is 0.248. The monoisotopic (exact) mass is 515 g/mol. The minimum absolute atomic E-state index is 0.248. The van der Waals surface area contributed by atoms with E-state index in [-0.39, 0.29) is 6.04 Å². The van der Waals surface area contributed by atoms with Crippen molar-refractivity contribution >= 4 is 39.8 Å². The molecule has 1 N–H and O–H groups in total. The predicted molar refractivity (Wildman–Crippen MR) is 147 cm³/mol. The Kier molecular flexibility index (Phi) is 6.70. The van der Waals surface area contributed by atoms with E-state index in [9.17, 15) is 0 Å². The third-order valence-electron chi connectivity index (χ3n) is 6.59. The van der Waals surface area contributed by atoms with Crippen LogP contribution in [0.25, 0.3) is 27.8 Å². The van der Waals surface area contributed by atoms with Crippen molar-refractivity contribution in [2.45, 2.75) is 6.04 Å². The molecule has 2 aromatic carbocycles. The predicted octanol–water partition coefficient (Wildman–Crippen LogP) is 6.29. The number of nitrogens with one attached hydrogen (secondary N) is 1. The van der Waals surface area contributed by atoms with Crippen LogP contribution in [0.4, 0.5) is 5.82 Å². The Hall–Kier alpha value is -3.23. The number of fused-ring (bicyclic) bond motifs is 1. The van der Waals surface area contributed by atoms with Crippen LogP contribution in [-0.2, 0) is 4.74 Å². The molecule has 1 aliphatic heterocycles. The summed E-state index contributed by atoms with van der Waals surface area (Å²) in [5.74, 6) is 0.835. The molecular formula is C28H26ClN5OS. The second-order valence-electron chi connectivity index (χ2n) is 8.74. The van der Waals surface area contributed by atoms with Crippen molar-refractivity contribution in [1.29, 1.82) is 0 Å². The Morgan fingerprint density at radius 2 is 1.78 bits per heavy atom. The van der Waals surface area contributed by atoms with E-state index in [1.54, 1.807) is 17.7 Å². The first-order valence-electron chi connectivity index (χ1n) is 12.0. The Bertz CT molecular complexity index is 1430. The van der Waals surface area contributed by atoms with Gasteiger partial charge in [-0.1, -0.05) is 48.0 Å². The number of hydrogen-bond acceptors (Lipinski definition) is 6. The third-order valence-corrected chi connectivity index (χ3v) is 7.82. The first kappa shape index (κ1) is 23.2. The highest BCUT2D eigenvalue weighted by Gasteiger charge is 2.24. The summed E-state index contributed by atoms with van der Waals surface area (Å²) in [6, 6.07) is 22.8. The number of thiophene rings is 1. The van der Waals surface area contributed by atoms with Crippen molar-refractivity contribution in [3.8, 4) is 16.8 Å². The van der Waals surface area contributed by atoms with Crippen LogP contribution in [0.5, 0.6) is 0 Å². The molecule has 0 aliphatic carbocycles. The van der Waals surface area contributed by atoms with E-state index < -0.39 is 0 Å². The molecule has 182 valence electrons. The number of benzene rings is 2. The van der Waals surface area contributed by atoms with E-state index in [1.165, 1.54) is 4.88 Å². The molecule has 1 aliphatic rings. The third kappa shape index (κ3) is 4.63. The van der Waals surface area contributed by atoms with E-state index >= 15 is 0 Å². The highest BCUT2D eigenvalue weighted by Crippen LogP contribution is 2.36. The molecule has 1 saturated heterocycles. The second kappa shape index (κ2) is 10.4. The molecule has 0 spiro atoms. The normalized spacial score (nSPS) is 15.2. The molecule has 5 aromatic rings. The highest BCUT2D eigenvalue weighted by molar-refractivity contribution is 7.10. The smallest absolute Gasteiger partial charge is 0.150 e. The van der Waals surface area contributed by atoms with Gasteiger partial charge in [-0.05, 0) is 41.3 Å². The van der Waals surface area contributed by atoms with Gasteiger partial charge in [0.15, 0.2) is 5.65 Å². The van der Waals surface area contributed by atoms with E-state index in [1.807, 2.05) is 30.3 Å². The number of halogens is 1. The quantitative estimate of drug-likeness (QED) is 0.276. The number of morpholine rings is 1. The van der Waals surface area contributed by atoms with Gasteiger partial charge in [0.1, 0.15) is 12.1 Å². The van der Waals surface area contributed by atoms with Gasteiger partial charge in [0.05, 0.1) is 24.6 Å². The molecule has 0 radical (unpaired) electrons. The Morgan fingerprint density at radius 3 is 2.53 bits per heavy atom. The summed E-state index contributed by atoms with van der Waals surface area (Å²) in [5, 5.41) is 7.55. The maximum absolute atomic E-state index is 6.17. The van der Waals surface area contributed by atoms with Gasteiger partial charge in [-0.15, -0.1) is 11.3 Å². The molecule has 4 heterocycles. The molecule has 0 amide bonds. The van der Waals surface area contributed by atoms with Crippen LogP contribution in [-0.4, -0.2) is 52.3 Å². The Labute approximate surface area is 219 Å². The van der Waals surface area contributed by atoms with Crippen molar-refractivity contribution in [2.75, 3.05) is 38.2 Å². The lowest BCUT2D eigenvalue weighted by molar-refractivity contribution is 0.0194. The molecule has 1 fully saturated rings. The summed E-state index contributed by atoms with van der Waals surface area (Å²) in [5.41, 5.74) is 4.06. The lowest BCUT2D eigenvalue weighted by atomic mass is 10.1. The molecule has 6 nitrogen and oxygen atoms in total. The molecular weight excluding hydrogens is 490 g/mol. The van der Waals surface area contributed by atoms with Gasteiger partial charge in [0, 0.05) is 47.0 Å². The lowest BCUT2D eigenvalue weighted by Gasteiger charge is -2.34. The number of aromatic nitrogens is 3. The molecule has 36 heavy (non-hydrogen) atoms. The van der Waals surface area contributed by atoms with Crippen LogP contribution in [0.3, 0.4) is 0 Å². The average Bonchev–Trinajstić information content (AvgIpc) is 3.60. The summed E-state index contributed by atoms with van der Waals surface area (Å²) in [6.07, 6.45) is 3.78. The topological polar surface area (TPSA) is 55.2 Å². The summed E-state index contributed by atoms with van der Waals surface area (Å²) in [4.78, 5) is 13.3. The fraction of sp³-hybridized carbons (Fsp3) is 0.214. The van der Waals surface area contributed by atoms with Gasteiger partial charge in [0.25, 0.3) is 0 Å². The minimum Gasteiger partial charge on any atom is -0.379 e. The van der Waals surface area contributed by atoms with Crippen molar-refractivity contribution in [3.63, 3.8) is 0 Å². The zero-order valence-electron chi connectivity index (χ0n) is 19.7. The molecule has 3 aromatic heterocycles. The van der Waals surface area contributed by atoms with E-state index in [0.717, 1.165) is 66.5 Å². The molecule has 0 unspecified atom stereocenters. The molecule has 0 bridgehead atoms. The fourth-order valence-electron chi connectivity index (χ4n) is 4.80. The molecule has 8 heteroatoms. The highest BCUT2D eigenvalue weighted by atomic mass is 35.5. The van der Waals surface area contributed by atoms with Crippen LogP contribution in [0.15, 0.2) is 84.6 Å². The molecule has 1 atom stereocenters. The number of anilines is 1. The van der Waals surface area contributed by atoms with E-state index in [0.29, 0.717) is 5.02 Å². The average molecular weight is 516 g/mol. The maximum Gasteiger partial charge on any atom is 0.150 e. The Balaban J connectivity index is 1.42. The lowest BCUT2D eigenvalue weighted by Crippen LogP contribution is -2.41. The fourth-order valence-corrected chi connectivity index (χ4v) is 5.79. The first-order chi connectivity index (χ1) is 17.8. The van der Waals surface area contributed by atoms with Crippen LogP contribution in [0, 0.1) is 0 Å². The molecule has 6 rings (SSSR count). The van der Waals surface area contributed by atoms with Crippen molar-refractivity contribution in [3.05, 3.63) is 94.5 Å². The van der Waals surface area contributed by atoms with Gasteiger partial charge >= 0.3 is 0 Å². The van der Waals surface area contributed by atoms with Gasteiger partial charge in [-0.3, -0.25) is 4.90 Å². The SMILES string of the molecule is Clc1ccc(-n2cc(-c3ccccc3)c3c(NC[C@@H](c4cccs4)N4CCOCC4)ncnc32)cc1. The maximum atomic E-state index is 6.17. The standard InChI is InChI=1S/C28H26ClN5OS/c29-21-8-10-22(11-9-21)34-18-23(20-5-2-1-3-6-20)26-27(31-19-32-28(26)34)30-17-24(25-7-4-16-36-25)33-12-14-35-15-13-33/h1-11,16,18-19,24H,12-15,17H2,(H,30,31,32)/t24-/m0/s1. The second-order valence-corrected chi connectivity index (χ2v) is 10.2. The van der Waals surface area contributed by atoms with E-state index in [4.69, 9.17) is 26.3 Å². The number of rotatable bonds is 7. The first-order valence-corrected chi connectivity index (χ1v) is 13.3. The van der Waals surface area contributed by atoms with Crippen molar-refractivity contribution in [1.82, 2.24) is 19.4 Å². The van der Waals surface area contributed by atoms with Crippen LogP contribution in [0.2, 0.25) is 5.02 Å². The zero-order chi connectivity index (χ0) is 24.3. The van der Waals surface area contributed by atoms with Crippen molar-refractivity contribution < 1.29 is 4.74 Å². The van der Waals surface area contributed by atoms with Crippen LogP contribution >= 0.6 is 22.9 Å². The number of nitrogens with zero attached hydrogens (tertiary/aromatic N) is 4. The summed E-state index contributed by atoms with van der Waals surface area (Å²) < 4.78 is 7.72. The zero-order valence-corrected chi connectivity index (χ0v) is 21.3. The largest absolute Gasteiger partial charge is 0.379 e. The van der Waals surface area contributed by atoms with Gasteiger partial charge in [-0.2, -0.15) is 0 Å². The molecule has 0 saturated carbocycles. The van der Waals surface area contributed by atoms with E-state index in [2.05, 4.69) is 62.8 Å². The van der Waals surface area contributed by atoms with Crippen LogP contribution in [0.1, 0.15) is 10.9 Å². The summed E-state index contributed by atoms with van der Waals surface area (Å²) >= 11 is 7.96. The van der Waals surface area contributed by atoms with Gasteiger partial charge in [0.2, 0.25) is 0 Å². The Morgan fingerprint density at radius 1 is 0.972 bits per heavy atom. The van der Waals surface area contributed by atoms with Crippen molar-refractivity contribution in [2.24, 2.45) is 0 Å². The summed E-state index contributed by atoms with van der Waals surface area (Å²) in [7, 11) is 0. The summed E-state index contributed by atoms with van der Waals surface area (Å²) in [6.45, 7) is 4.12. The number of ether oxygens (including phenoxy) is 1.